The molecule has 33 heavy (non-hydrogen) atoms. The quantitative estimate of drug-likeness (QED) is 0.352. The third-order valence-corrected chi connectivity index (χ3v) is 6.35. The normalized spacial score (nSPS) is 11.5. The van der Waals surface area contributed by atoms with Crippen LogP contribution >= 0.6 is 15.9 Å². The lowest BCUT2D eigenvalue weighted by atomic mass is 10.1. The van der Waals surface area contributed by atoms with E-state index in [4.69, 9.17) is 5.73 Å². The third kappa shape index (κ3) is 4.51. The van der Waals surface area contributed by atoms with Gasteiger partial charge in [-0.2, -0.15) is 0 Å². The van der Waals surface area contributed by atoms with Crippen molar-refractivity contribution in [2.24, 2.45) is 0 Å². The van der Waals surface area contributed by atoms with Gasteiger partial charge in [0, 0.05) is 41.8 Å². The fourth-order valence-electron chi connectivity index (χ4n) is 3.93. The first-order valence-corrected chi connectivity index (χ1v) is 11.5. The van der Waals surface area contributed by atoms with Crippen LogP contribution < -0.4 is 11.1 Å². The minimum Gasteiger partial charge on any atom is -0.396 e. The number of hydrogen-bond donors (Lipinski definition) is 3. The van der Waals surface area contributed by atoms with Gasteiger partial charge in [0.2, 0.25) is 5.91 Å². The summed E-state index contributed by atoms with van der Waals surface area (Å²) < 4.78 is 2.91. The summed E-state index contributed by atoms with van der Waals surface area (Å²) in [5, 5.41) is 3.02. The molecule has 4 rings (SSSR count). The van der Waals surface area contributed by atoms with Crippen LogP contribution in [0.1, 0.15) is 23.4 Å². The Kier molecular flexibility index (Phi) is 6.27. The number of imidazole rings is 1. The van der Waals surface area contributed by atoms with Gasteiger partial charge in [-0.25, -0.2) is 9.97 Å². The molecule has 172 valence electrons. The zero-order valence-corrected chi connectivity index (χ0v) is 21.0. The minimum atomic E-state index is -0.00123. The standard InChI is InChI=1S/C24H28BrN7O/c1-13-6-7-16(28-20(33)8-9-31(4)5)11-19(13)32-14(2)10-17(15(32)3)23-29-22-21(26)18(25)12-27-24(22)30-23/h6-7,10-12H,8-9H2,1-5H3,(H,28,33)(H3,26,27,29,30). The summed E-state index contributed by atoms with van der Waals surface area (Å²) in [6.07, 6.45) is 2.11. The highest BCUT2D eigenvalue weighted by molar-refractivity contribution is 9.10. The van der Waals surface area contributed by atoms with Crippen LogP contribution in [0.3, 0.4) is 0 Å². The van der Waals surface area contributed by atoms with Crippen LogP contribution in [0.15, 0.2) is 34.9 Å². The topological polar surface area (TPSA) is 105 Å². The molecule has 0 aliphatic rings. The Labute approximate surface area is 201 Å². The van der Waals surface area contributed by atoms with E-state index in [-0.39, 0.29) is 5.91 Å². The van der Waals surface area contributed by atoms with Gasteiger partial charge in [-0.3, -0.25) is 4.79 Å². The van der Waals surface area contributed by atoms with Crippen molar-refractivity contribution in [3.05, 3.63) is 51.9 Å². The first-order chi connectivity index (χ1) is 15.7. The zero-order valence-electron chi connectivity index (χ0n) is 19.5. The SMILES string of the molecule is Cc1ccc(NC(=O)CCN(C)C)cc1-n1c(C)cc(-c2nc3ncc(Br)c(N)c3[nH]2)c1C. The van der Waals surface area contributed by atoms with Gasteiger partial charge in [0.05, 0.1) is 15.8 Å². The summed E-state index contributed by atoms with van der Waals surface area (Å²) in [6, 6.07) is 8.08. The number of H-pyrrole nitrogens is 1. The number of carbonyl (C=O) groups excluding carboxylic acids is 1. The number of aryl methyl sites for hydroxylation is 2. The van der Waals surface area contributed by atoms with Crippen LogP contribution in [0.25, 0.3) is 28.2 Å². The summed E-state index contributed by atoms with van der Waals surface area (Å²) in [5.74, 6) is 0.714. The van der Waals surface area contributed by atoms with E-state index in [0.717, 1.165) is 38.4 Å². The average molecular weight is 510 g/mol. The van der Waals surface area contributed by atoms with Crippen molar-refractivity contribution < 1.29 is 4.79 Å². The Balaban J connectivity index is 1.71. The van der Waals surface area contributed by atoms with Crippen molar-refractivity contribution >= 4 is 44.4 Å². The molecule has 0 unspecified atom stereocenters. The molecular formula is C24H28BrN7O. The lowest BCUT2D eigenvalue weighted by Crippen LogP contribution is -2.20. The van der Waals surface area contributed by atoms with Gasteiger partial charge in [-0.05, 0) is 74.6 Å². The molecule has 0 radical (unpaired) electrons. The number of benzene rings is 1. The number of rotatable bonds is 6. The van der Waals surface area contributed by atoms with Crippen molar-refractivity contribution in [3.8, 4) is 17.1 Å². The maximum atomic E-state index is 12.3. The molecule has 1 amide bonds. The van der Waals surface area contributed by atoms with Crippen molar-refractivity contribution in [2.45, 2.75) is 27.2 Å². The number of aromatic nitrogens is 4. The monoisotopic (exact) mass is 509 g/mol. The fraction of sp³-hybridized carbons (Fsp3) is 0.292. The van der Waals surface area contributed by atoms with Crippen LogP contribution in [0.2, 0.25) is 0 Å². The highest BCUT2D eigenvalue weighted by atomic mass is 79.9. The molecule has 0 aliphatic heterocycles. The average Bonchev–Trinajstić information content (AvgIpc) is 3.32. The number of nitrogens with zero attached hydrogens (tertiary/aromatic N) is 4. The Hall–Kier alpha value is -3.17. The number of hydrogen-bond acceptors (Lipinski definition) is 5. The molecule has 0 fully saturated rings. The molecular weight excluding hydrogens is 482 g/mol. The second-order valence-corrected chi connectivity index (χ2v) is 9.38. The molecule has 9 heteroatoms. The number of nitrogen functional groups attached to an aromatic ring is 1. The van der Waals surface area contributed by atoms with E-state index in [0.29, 0.717) is 35.6 Å². The van der Waals surface area contributed by atoms with Gasteiger partial charge in [0.15, 0.2) is 5.65 Å². The van der Waals surface area contributed by atoms with Gasteiger partial charge in [0.1, 0.15) is 11.3 Å². The first kappa shape index (κ1) is 23.0. The number of aromatic amines is 1. The lowest BCUT2D eigenvalue weighted by Gasteiger charge is -2.15. The van der Waals surface area contributed by atoms with E-state index in [1.165, 1.54) is 0 Å². The molecule has 0 saturated heterocycles. The van der Waals surface area contributed by atoms with Crippen LogP contribution in [-0.4, -0.2) is 51.0 Å². The lowest BCUT2D eigenvalue weighted by molar-refractivity contribution is -0.116. The number of amides is 1. The van der Waals surface area contributed by atoms with Gasteiger partial charge >= 0.3 is 0 Å². The number of nitrogens with one attached hydrogen (secondary N) is 2. The molecule has 0 aliphatic carbocycles. The molecule has 1 aromatic carbocycles. The largest absolute Gasteiger partial charge is 0.396 e. The molecule has 4 N–H and O–H groups in total. The number of pyridine rings is 1. The second kappa shape index (κ2) is 8.99. The van der Waals surface area contributed by atoms with Gasteiger partial charge in [-0.15, -0.1) is 0 Å². The Morgan fingerprint density at radius 3 is 2.73 bits per heavy atom. The van der Waals surface area contributed by atoms with E-state index in [2.05, 4.69) is 67.6 Å². The summed E-state index contributed by atoms with van der Waals surface area (Å²) in [6.45, 7) is 6.89. The smallest absolute Gasteiger partial charge is 0.225 e. The third-order valence-electron chi connectivity index (χ3n) is 5.72. The van der Waals surface area contributed by atoms with Crippen molar-refractivity contribution in [2.75, 3.05) is 31.7 Å². The van der Waals surface area contributed by atoms with Gasteiger partial charge < -0.3 is 25.5 Å². The maximum absolute atomic E-state index is 12.3. The predicted molar refractivity (Wildman–Crippen MR) is 137 cm³/mol. The number of fused-ring (bicyclic) bond motifs is 1. The Bertz CT molecular complexity index is 1350. The van der Waals surface area contributed by atoms with Crippen LogP contribution in [0.4, 0.5) is 11.4 Å². The van der Waals surface area contributed by atoms with E-state index >= 15 is 0 Å². The van der Waals surface area contributed by atoms with Crippen LogP contribution in [-0.2, 0) is 4.79 Å². The first-order valence-electron chi connectivity index (χ1n) is 10.7. The molecule has 3 heterocycles. The Morgan fingerprint density at radius 1 is 1.24 bits per heavy atom. The van der Waals surface area contributed by atoms with E-state index < -0.39 is 0 Å². The molecule has 0 saturated carbocycles. The predicted octanol–water partition coefficient (Wildman–Crippen LogP) is 4.58. The van der Waals surface area contributed by atoms with Crippen LogP contribution in [0, 0.1) is 20.8 Å². The number of anilines is 2. The highest BCUT2D eigenvalue weighted by Crippen LogP contribution is 2.33. The summed E-state index contributed by atoms with van der Waals surface area (Å²) >= 11 is 3.42. The molecule has 8 nitrogen and oxygen atoms in total. The Morgan fingerprint density at radius 2 is 2.00 bits per heavy atom. The van der Waals surface area contributed by atoms with E-state index in [1.54, 1.807) is 6.20 Å². The van der Waals surface area contributed by atoms with E-state index in [9.17, 15) is 4.79 Å². The molecule has 0 bridgehead atoms. The van der Waals surface area contributed by atoms with Crippen molar-refractivity contribution in [3.63, 3.8) is 0 Å². The van der Waals surface area contributed by atoms with E-state index in [1.807, 2.05) is 37.2 Å². The summed E-state index contributed by atoms with van der Waals surface area (Å²) in [5.41, 5.74) is 14.0. The summed E-state index contributed by atoms with van der Waals surface area (Å²) in [7, 11) is 3.91. The van der Waals surface area contributed by atoms with Crippen molar-refractivity contribution in [1.82, 2.24) is 24.4 Å². The summed E-state index contributed by atoms with van der Waals surface area (Å²) in [4.78, 5) is 26.7. The number of halogens is 1. The maximum Gasteiger partial charge on any atom is 0.225 e. The van der Waals surface area contributed by atoms with Crippen molar-refractivity contribution in [1.29, 1.82) is 0 Å². The van der Waals surface area contributed by atoms with Gasteiger partial charge in [-0.1, -0.05) is 6.07 Å². The van der Waals surface area contributed by atoms with Gasteiger partial charge in [0.25, 0.3) is 0 Å². The highest BCUT2D eigenvalue weighted by Gasteiger charge is 2.18. The molecule has 0 spiro atoms. The number of nitrogens with two attached hydrogens (primary N) is 1. The van der Waals surface area contributed by atoms with Crippen LogP contribution in [0.5, 0.6) is 0 Å². The minimum absolute atomic E-state index is 0.00123. The molecule has 0 atom stereocenters. The zero-order chi connectivity index (χ0) is 23.9. The second-order valence-electron chi connectivity index (χ2n) is 8.53. The molecule has 3 aromatic heterocycles. The number of carbonyl (C=O) groups is 1. The molecule has 4 aromatic rings. The fourth-order valence-corrected chi connectivity index (χ4v) is 4.23.